The van der Waals surface area contributed by atoms with E-state index in [1.165, 1.54) is 17.7 Å². The van der Waals surface area contributed by atoms with E-state index < -0.39 is 0 Å². The summed E-state index contributed by atoms with van der Waals surface area (Å²) < 4.78 is 19.5. The van der Waals surface area contributed by atoms with Crippen LogP contribution in [0.25, 0.3) is 0 Å². The van der Waals surface area contributed by atoms with Crippen LogP contribution in [0.15, 0.2) is 30.3 Å². The predicted molar refractivity (Wildman–Crippen MR) is 84.5 cm³/mol. The smallest absolute Gasteiger partial charge is 0.133 e. The highest BCUT2D eigenvalue weighted by Crippen LogP contribution is 2.33. The second-order valence-electron chi connectivity index (χ2n) is 5.69. The molecule has 2 aromatic rings. The average molecular weight is 287 g/mol. The van der Waals surface area contributed by atoms with Crippen molar-refractivity contribution in [3.05, 3.63) is 58.4 Å². The molecular weight excluding hydrogens is 265 g/mol. The first-order valence-electron chi connectivity index (χ1n) is 7.17. The summed E-state index contributed by atoms with van der Waals surface area (Å²) in [6.45, 7) is 8.00. The molecule has 0 radical (unpaired) electrons. The molecule has 2 aromatic carbocycles. The highest BCUT2D eigenvalue weighted by molar-refractivity contribution is 5.48. The first kappa shape index (κ1) is 15.5. The molecule has 0 aliphatic heterocycles. The van der Waals surface area contributed by atoms with E-state index in [1.807, 2.05) is 26.8 Å². The van der Waals surface area contributed by atoms with Crippen molar-refractivity contribution in [3.63, 3.8) is 0 Å². The van der Waals surface area contributed by atoms with Crippen LogP contribution >= 0.6 is 0 Å². The molecule has 0 aliphatic rings. The lowest BCUT2D eigenvalue weighted by Gasteiger charge is -2.17. The Labute approximate surface area is 125 Å². The van der Waals surface area contributed by atoms with E-state index in [0.717, 1.165) is 22.4 Å². The molecule has 2 rings (SSSR count). The molecule has 3 heteroatoms. The average Bonchev–Trinajstić information content (AvgIpc) is 2.41. The maximum Gasteiger partial charge on any atom is 0.133 e. The topological polar surface area (TPSA) is 35.2 Å². The van der Waals surface area contributed by atoms with Crippen LogP contribution in [0.3, 0.4) is 0 Å². The number of benzene rings is 2. The molecule has 0 heterocycles. The van der Waals surface area contributed by atoms with Crippen molar-refractivity contribution in [2.24, 2.45) is 5.73 Å². The quantitative estimate of drug-likeness (QED) is 0.902. The van der Waals surface area contributed by atoms with Crippen LogP contribution in [0.4, 0.5) is 4.39 Å². The summed E-state index contributed by atoms with van der Waals surface area (Å²) >= 11 is 0. The Morgan fingerprint density at radius 1 is 1.10 bits per heavy atom. The Morgan fingerprint density at radius 3 is 2.43 bits per heavy atom. The van der Waals surface area contributed by atoms with E-state index in [4.69, 9.17) is 10.5 Å². The molecule has 21 heavy (non-hydrogen) atoms. The van der Waals surface area contributed by atoms with Gasteiger partial charge in [-0.3, -0.25) is 0 Å². The Morgan fingerprint density at radius 2 is 1.76 bits per heavy atom. The maximum absolute atomic E-state index is 13.5. The third-order valence-corrected chi connectivity index (χ3v) is 3.65. The molecule has 1 unspecified atom stereocenters. The number of aryl methyl sites for hydroxylation is 2. The number of rotatable bonds is 4. The Kier molecular flexibility index (Phi) is 4.63. The van der Waals surface area contributed by atoms with Crippen LogP contribution in [-0.2, 0) is 6.42 Å². The molecule has 1 atom stereocenters. The first-order chi connectivity index (χ1) is 9.88. The lowest BCUT2D eigenvalue weighted by molar-refractivity contribution is 0.464. The summed E-state index contributed by atoms with van der Waals surface area (Å²) in [5.74, 6) is 1.24. The van der Waals surface area contributed by atoms with Gasteiger partial charge in [0.2, 0.25) is 0 Å². The molecule has 2 N–H and O–H groups in total. The molecule has 0 aromatic heterocycles. The fraction of sp³-hybridized carbons (Fsp3) is 0.333. The van der Waals surface area contributed by atoms with Gasteiger partial charge in [0.25, 0.3) is 0 Å². The predicted octanol–water partition coefficient (Wildman–Crippen LogP) is 4.43. The molecule has 0 bridgehead atoms. The third-order valence-electron chi connectivity index (χ3n) is 3.65. The summed E-state index contributed by atoms with van der Waals surface area (Å²) in [4.78, 5) is 0. The third kappa shape index (κ3) is 3.61. The van der Waals surface area contributed by atoms with Crippen LogP contribution in [0.1, 0.15) is 29.2 Å². The zero-order chi connectivity index (χ0) is 15.6. The molecule has 0 saturated heterocycles. The van der Waals surface area contributed by atoms with Gasteiger partial charge in [0.15, 0.2) is 0 Å². The normalized spacial score (nSPS) is 12.3. The molecule has 0 fully saturated rings. The van der Waals surface area contributed by atoms with Crippen molar-refractivity contribution in [2.75, 3.05) is 0 Å². The Bertz CT molecular complexity index is 650. The van der Waals surface area contributed by atoms with Crippen LogP contribution in [0.2, 0.25) is 0 Å². The number of hydrogen-bond acceptors (Lipinski definition) is 2. The lowest BCUT2D eigenvalue weighted by atomic mass is 10.0. The lowest BCUT2D eigenvalue weighted by Crippen LogP contribution is -2.18. The van der Waals surface area contributed by atoms with Crippen molar-refractivity contribution in [3.8, 4) is 11.5 Å². The second kappa shape index (κ2) is 6.27. The summed E-state index contributed by atoms with van der Waals surface area (Å²) in [6.07, 6.45) is 0.580. The fourth-order valence-electron chi connectivity index (χ4n) is 2.35. The Hall–Kier alpha value is -1.87. The van der Waals surface area contributed by atoms with E-state index in [1.54, 1.807) is 6.07 Å². The number of halogens is 1. The van der Waals surface area contributed by atoms with Gasteiger partial charge in [0.1, 0.15) is 17.3 Å². The van der Waals surface area contributed by atoms with Gasteiger partial charge in [-0.2, -0.15) is 0 Å². The fourth-order valence-corrected chi connectivity index (χ4v) is 2.35. The van der Waals surface area contributed by atoms with Crippen LogP contribution in [-0.4, -0.2) is 6.04 Å². The van der Waals surface area contributed by atoms with Crippen molar-refractivity contribution in [2.45, 2.75) is 40.2 Å². The number of ether oxygens (including phenoxy) is 1. The summed E-state index contributed by atoms with van der Waals surface area (Å²) in [7, 11) is 0. The highest BCUT2D eigenvalue weighted by atomic mass is 19.1. The molecule has 0 saturated carbocycles. The van der Waals surface area contributed by atoms with Crippen LogP contribution < -0.4 is 10.5 Å². The molecule has 0 spiro atoms. The molecular formula is C18H22FNO. The van der Waals surface area contributed by atoms with Gasteiger partial charge in [0.05, 0.1) is 0 Å². The molecule has 112 valence electrons. The van der Waals surface area contributed by atoms with Gasteiger partial charge in [0, 0.05) is 6.04 Å². The van der Waals surface area contributed by atoms with Crippen LogP contribution in [0.5, 0.6) is 11.5 Å². The number of hydrogen-bond donors (Lipinski definition) is 1. The van der Waals surface area contributed by atoms with Crippen LogP contribution in [0, 0.1) is 26.6 Å². The van der Waals surface area contributed by atoms with Crippen molar-refractivity contribution < 1.29 is 9.13 Å². The largest absolute Gasteiger partial charge is 0.457 e. The highest BCUT2D eigenvalue weighted by Gasteiger charge is 2.12. The van der Waals surface area contributed by atoms with Crippen molar-refractivity contribution in [1.82, 2.24) is 0 Å². The van der Waals surface area contributed by atoms with Gasteiger partial charge < -0.3 is 10.5 Å². The second-order valence-corrected chi connectivity index (χ2v) is 5.69. The standard InChI is InChI=1S/C18H22FNO/c1-11-5-6-12(2)18(14(11)4)21-17-8-7-16(19)10-15(17)9-13(3)20/h5-8,10,13H,9,20H2,1-4H3. The zero-order valence-corrected chi connectivity index (χ0v) is 13.0. The Balaban J connectivity index is 2.42. The summed E-state index contributed by atoms with van der Waals surface area (Å²) in [5.41, 5.74) is 9.98. The number of nitrogens with two attached hydrogens (primary N) is 1. The van der Waals surface area contributed by atoms with Crippen molar-refractivity contribution in [1.29, 1.82) is 0 Å². The van der Waals surface area contributed by atoms with Gasteiger partial charge >= 0.3 is 0 Å². The summed E-state index contributed by atoms with van der Waals surface area (Å²) in [5, 5.41) is 0. The van der Waals surface area contributed by atoms with E-state index >= 15 is 0 Å². The van der Waals surface area contributed by atoms with Gasteiger partial charge in [-0.25, -0.2) is 4.39 Å². The SMILES string of the molecule is Cc1ccc(C)c(Oc2ccc(F)cc2CC(C)N)c1C. The van der Waals surface area contributed by atoms with Gasteiger partial charge in [-0.1, -0.05) is 12.1 Å². The van der Waals surface area contributed by atoms with Gasteiger partial charge in [-0.05, 0) is 74.6 Å². The molecule has 0 amide bonds. The van der Waals surface area contributed by atoms with E-state index in [0.29, 0.717) is 12.2 Å². The zero-order valence-electron chi connectivity index (χ0n) is 13.0. The van der Waals surface area contributed by atoms with Crippen molar-refractivity contribution >= 4 is 0 Å². The van der Waals surface area contributed by atoms with E-state index in [9.17, 15) is 4.39 Å². The van der Waals surface area contributed by atoms with E-state index in [-0.39, 0.29) is 11.9 Å². The first-order valence-corrected chi connectivity index (χ1v) is 7.17. The monoisotopic (exact) mass is 287 g/mol. The maximum atomic E-state index is 13.5. The minimum absolute atomic E-state index is 0.0474. The molecule has 0 aliphatic carbocycles. The summed E-state index contributed by atoms with van der Waals surface area (Å²) in [6, 6.07) is 8.65. The molecule has 2 nitrogen and oxygen atoms in total. The minimum Gasteiger partial charge on any atom is -0.457 e. The van der Waals surface area contributed by atoms with Gasteiger partial charge in [-0.15, -0.1) is 0 Å². The van der Waals surface area contributed by atoms with E-state index in [2.05, 4.69) is 13.0 Å². The minimum atomic E-state index is -0.268.